The van der Waals surface area contributed by atoms with Gasteiger partial charge in [0.2, 0.25) is 6.17 Å². The smallest absolute Gasteiger partial charge is 0.401 e. The number of benzene rings is 1. The minimum absolute atomic E-state index is 0.243. The molecule has 2 aliphatic heterocycles. The molecular weight excluding hydrogens is 370 g/mol. The molecule has 10 heteroatoms. The van der Waals surface area contributed by atoms with Gasteiger partial charge in [0.1, 0.15) is 10.6 Å². The van der Waals surface area contributed by atoms with E-state index >= 15 is 0 Å². The average Bonchev–Trinajstić information content (AvgIpc) is 3.15. The molecule has 9 nitrogen and oxygen atoms in total. The zero-order chi connectivity index (χ0) is 19.0. The van der Waals surface area contributed by atoms with Gasteiger partial charge in [0.05, 0.1) is 11.4 Å². The number of rotatable bonds is 4. The van der Waals surface area contributed by atoms with Crippen LogP contribution in [0.4, 0.5) is 5.88 Å². The van der Waals surface area contributed by atoms with Crippen molar-refractivity contribution in [2.24, 2.45) is 10.1 Å². The molecule has 0 radical (unpaired) electrons. The van der Waals surface area contributed by atoms with E-state index in [1.54, 1.807) is 12.1 Å². The average molecular weight is 385 g/mol. The van der Waals surface area contributed by atoms with Gasteiger partial charge in [-0.15, -0.1) is 5.10 Å². The van der Waals surface area contributed by atoms with Crippen molar-refractivity contribution in [2.45, 2.75) is 19.5 Å². The van der Waals surface area contributed by atoms with Gasteiger partial charge in [-0.3, -0.25) is 20.2 Å². The highest BCUT2D eigenvalue weighted by Crippen LogP contribution is 2.33. The van der Waals surface area contributed by atoms with E-state index in [4.69, 9.17) is 4.42 Å². The van der Waals surface area contributed by atoms with Crippen molar-refractivity contribution in [3.8, 4) is 0 Å². The Morgan fingerprint density at radius 2 is 2.15 bits per heavy atom. The first-order valence-corrected chi connectivity index (χ1v) is 9.30. The highest BCUT2D eigenvalue weighted by Gasteiger charge is 2.36. The van der Waals surface area contributed by atoms with E-state index in [1.807, 2.05) is 19.1 Å². The number of carbonyl (C=O) groups excluding carboxylic acids is 1. The predicted molar refractivity (Wildman–Crippen MR) is 98.9 cm³/mol. The zero-order valence-corrected chi connectivity index (χ0v) is 15.1. The van der Waals surface area contributed by atoms with Crippen LogP contribution in [0, 0.1) is 10.1 Å². The van der Waals surface area contributed by atoms with Crippen LogP contribution in [-0.4, -0.2) is 26.8 Å². The van der Waals surface area contributed by atoms with Crippen molar-refractivity contribution in [2.75, 3.05) is 5.75 Å². The Kier molecular flexibility index (Phi) is 4.40. The van der Waals surface area contributed by atoms with Crippen molar-refractivity contribution in [1.29, 1.82) is 0 Å². The van der Waals surface area contributed by atoms with Gasteiger partial charge in [-0.1, -0.05) is 36.9 Å². The summed E-state index contributed by atoms with van der Waals surface area (Å²) >= 11 is 1.43. The van der Waals surface area contributed by atoms with Crippen LogP contribution in [-0.2, 0) is 4.79 Å². The zero-order valence-electron chi connectivity index (χ0n) is 14.3. The van der Waals surface area contributed by atoms with Gasteiger partial charge in [-0.05, 0) is 18.6 Å². The number of nitrogens with zero attached hydrogens (tertiary/aromatic N) is 4. The van der Waals surface area contributed by atoms with Crippen molar-refractivity contribution < 1.29 is 14.1 Å². The van der Waals surface area contributed by atoms with Crippen LogP contribution in [0.5, 0.6) is 0 Å². The molecule has 1 atom stereocenters. The Balaban J connectivity index is 1.87. The van der Waals surface area contributed by atoms with E-state index in [0.29, 0.717) is 21.4 Å². The lowest BCUT2D eigenvalue weighted by atomic mass is 10.1. The molecule has 0 saturated heterocycles. The van der Waals surface area contributed by atoms with Crippen molar-refractivity contribution >= 4 is 34.4 Å². The minimum atomic E-state index is -0.799. The van der Waals surface area contributed by atoms with Crippen molar-refractivity contribution in [3.63, 3.8) is 0 Å². The number of fused-ring (bicyclic) bond motifs is 2. The van der Waals surface area contributed by atoms with Gasteiger partial charge < -0.3 is 4.42 Å². The summed E-state index contributed by atoms with van der Waals surface area (Å²) in [5, 5.41) is 21.5. The Hall–Kier alpha value is -3.14. The molecule has 0 unspecified atom stereocenters. The molecular formula is C17H15N5O4S. The van der Waals surface area contributed by atoms with Gasteiger partial charge in [0.15, 0.2) is 10.9 Å². The monoisotopic (exact) mass is 385 g/mol. The van der Waals surface area contributed by atoms with E-state index in [2.05, 4.69) is 15.4 Å². The summed E-state index contributed by atoms with van der Waals surface area (Å²) in [4.78, 5) is 27.8. The van der Waals surface area contributed by atoms with Crippen LogP contribution < -0.4 is 15.9 Å². The molecule has 0 fully saturated rings. The quantitative estimate of drug-likeness (QED) is 0.630. The summed E-state index contributed by atoms with van der Waals surface area (Å²) in [5.41, 5.74) is 0.338. The molecule has 1 N–H and O–H groups in total. The van der Waals surface area contributed by atoms with Gasteiger partial charge in [-0.25, -0.2) is 10.0 Å². The van der Waals surface area contributed by atoms with Crippen LogP contribution in [0.25, 0.3) is 5.70 Å². The fourth-order valence-corrected chi connectivity index (χ4v) is 3.56. The fourth-order valence-electron chi connectivity index (χ4n) is 2.86. The van der Waals surface area contributed by atoms with E-state index < -0.39 is 11.1 Å². The number of para-hydroxylation sites is 1. The van der Waals surface area contributed by atoms with Gasteiger partial charge >= 0.3 is 5.88 Å². The highest BCUT2D eigenvalue weighted by molar-refractivity contribution is 8.13. The number of carbonyl (C=O) groups is 1. The Morgan fingerprint density at radius 3 is 2.89 bits per heavy atom. The Labute approximate surface area is 157 Å². The second-order valence-corrected chi connectivity index (χ2v) is 6.94. The number of nitro groups is 1. The van der Waals surface area contributed by atoms with E-state index in [0.717, 1.165) is 12.2 Å². The maximum Gasteiger partial charge on any atom is 0.433 e. The SMILES string of the molecule is CCCSC1=NN2C(=c3ccccc3=N[C@@H]2c2ccc([N+](=O)[O-])o2)C(=O)N1. The summed E-state index contributed by atoms with van der Waals surface area (Å²) in [5.74, 6) is 0.364. The van der Waals surface area contributed by atoms with Crippen LogP contribution in [0.1, 0.15) is 25.3 Å². The predicted octanol–water partition coefficient (Wildman–Crippen LogP) is 1.47. The second-order valence-electron chi connectivity index (χ2n) is 5.85. The molecule has 0 aliphatic carbocycles. The number of hydrogen-bond acceptors (Lipinski definition) is 8. The van der Waals surface area contributed by atoms with Crippen LogP contribution in [0.3, 0.4) is 0 Å². The van der Waals surface area contributed by atoms with Crippen LogP contribution in [0.15, 0.2) is 50.9 Å². The minimum Gasteiger partial charge on any atom is -0.401 e. The summed E-state index contributed by atoms with van der Waals surface area (Å²) in [6, 6.07) is 9.95. The van der Waals surface area contributed by atoms with Gasteiger partial charge in [0, 0.05) is 11.0 Å². The summed E-state index contributed by atoms with van der Waals surface area (Å²) in [6.45, 7) is 2.03. The van der Waals surface area contributed by atoms with Crippen molar-refractivity contribution in [1.82, 2.24) is 10.3 Å². The van der Waals surface area contributed by atoms with Crippen molar-refractivity contribution in [3.05, 3.63) is 62.8 Å². The number of amides is 1. The lowest BCUT2D eigenvalue weighted by Gasteiger charge is -2.32. The normalized spacial score (nSPS) is 18.2. The van der Waals surface area contributed by atoms with Crippen LogP contribution in [0.2, 0.25) is 0 Å². The summed E-state index contributed by atoms with van der Waals surface area (Å²) < 4.78 is 5.34. The third kappa shape index (κ3) is 3.08. The number of amidine groups is 1. The van der Waals surface area contributed by atoms with Crippen LogP contribution >= 0.6 is 11.8 Å². The lowest BCUT2D eigenvalue weighted by molar-refractivity contribution is -0.402. The number of nitrogens with one attached hydrogen (secondary N) is 1. The Bertz CT molecular complexity index is 1080. The third-order valence-electron chi connectivity index (χ3n) is 4.01. The maximum absolute atomic E-state index is 12.8. The first kappa shape index (κ1) is 17.3. The second kappa shape index (κ2) is 6.88. The first-order chi connectivity index (χ1) is 13.1. The van der Waals surface area contributed by atoms with E-state index in [9.17, 15) is 14.9 Å². The molecule has 0 saturated carbocycles. The molecule has 3 heterocycles. The standard InChI is InChI=1S/C17H15N5O4S/c1-2-9-27-17-19-16(23)14-10-5-3-4-6-11(10)18-15(21(14)20-17)12-7-8-13(26-12)22(24)25/h3-8,15H,2,9H2,1H3,(H,19,20,23)/t15-/m0/s1. The number of hydrogen-bond donors (Lipinski definition) is 1. The molecule has 2 aromatic rings. The number of hydrazone groups is 1. The summed E-state index contributed by atoms with van der Waals surface area (Å²) in [7, 11) is 0. The molecule has 0 spiro atoms. The largest absolute Gasteiger partial charge is 0.433 e. The lowest BCUT2D eigenvalue weighted by Crippen LogP contribution is -2.50. The van der Waals surface area contributed by atoms with E-state index in [-0.39, 0.29) is 17.6 Å². The van der Waals surface area contributed by atoms with Gasteiger partial charge in [0.25, 0.3) is 5.91 Å². The molecule has 1 aromatic carbocycles. The topological polar surface area (TPSA) is 113 Å². The van der Waals surface area contributed by atoms with Gasteiger partial charge in [-0.2, -0.15) is 0 Å². The fraction of sp³-hybridized carbons (Fsp3) is 0.235. The molecule has 27 heavy (non-hydrogen) atoms. The Morgan fingerprint density at radius 1 is 1.33 bits per heavy atom. The molecule has 0 bridgehead atoms. The molecule has 2 aliphatic rings. The third-order valence-corrected chi connectivity index (χ3v) is 5.07. The molecule has 1 aromatic heterocycles. The molecule has 138 valence electrons. The number of furan rings is 1. The van der Waals surface area contributed by atoms with E-state index in [1.165, 1.54) is 28.9 Å². The molecule has 4 rings (SSSR count). The number of thioether (sulfide) groups is 1. The summed E-state index contributed by atoms with van der Waals surface area (Å²) in [6.07, 6.45) is 0.129. The molecule has 1 amide bonds. The first-order valence-electron chi connectivity index (χ1n) is 8.31. The maximum atomic E-state index is 12.8. The highest BCUT2D eigenvalue weighted by atomic mass is 32.2.